The van der Waals surface area contributed by atoms with Crippen LogP contribution in [0.3, 0.4) is 0 Å². The quantitative estimate of drug-likeness (QED) is 0.857. The molecule has 0 fully saturated rings. The van der Waals surface area contributed by atoms with Gasteiger partial charge in [0.1, 0.15) is 0 Å². The Morgan fingerprint density at radius 1 is 1.30 bits per heavy atom. The van der Waals surface area contributed by atoms with Crippen LogP contribution in [0, 0.1) is 6.92 Å². The molecule has 1 N–H and O–H groups in total. The van der Waals surface area contributed by atoms with Crippen LogP contribution in [0.1, 0.15) is 15.9 Å². The minimum Gasteiger partial charge on any atom is -0.452 e. The second-order valence-corrected chi connectivity index (χ2v) is 4.39. The maximum Gasteiger partial charge on any atom is 0.341 e. The summed E-state index contributed by atoms with van der Waals surface area (Å²) in [7, 11) is 1.70. The van der Waals surface area contributed by atoms with Crippen molar-refractivity contribution >= 4 is 17.6 Å². The average molecular weight is 273 g/mol. The number of nitrogens with one attached hydrogen (secondary N) is 1. The first kappa shape index (κ1) is 13.8. The highest BCUT2D eigenvalue weighted by molar-refractivity contribution is 5.95. The average Bonchev–Trinajstić information content (AvgIpc) is 2.85. The van der Waals surface area contributed by atoms with Gasteiger partial charge in [0, 0.05) is 18.9 Å². The lowest BCUT2D eigenvalue weighted by Crippen LogP contribution is -2.20. The zero-order chi connectivity index (χ0) is 14.5. The molecule has 0 aliphatic heterocycles. The zero-order valence-corrected chi connectivity index (χ0v) is 11.3. The number of nitrogens with zero attached hydrogens (tertiary/aromatic N) is 2. The van der Waals surface area contributed by atoms with Gasteiger partial charge in [0.25, 0.3) is 5.91 Å². The summed E-state index contributed by atoms with van der Waals surface area (Å²) in [6.45, 7) is 1.63. The van der Waals surface area contributed by atoms with Gasteiger partial charge in [0.15, 0.2) is 6.61 Å². The molecule has 6 nitrogen and oxygen atoms in total. The predicted molar refractivity (Wildman–Crippen MR) is 73.3 cm³/mol. The Hall–Kier alpha value is -2.63. The number of aryl methyl sites for hydroxylation is 2. The zero-order valence-electron chi connectivity index (χ0n) is 11.3. The number of hydrogen-bond donors (Lipinski definition) is 1. The molecular weight excluding hydrogens is 258 g/mol. The lowest BCUT2D eigenvalue weighted by atomic mass is 10.2. The monoisotopic (exact) mass is 273 g/mol. The van der Waals surface area contributed by atoms with Gasteiger partial charge in [-0.1, -0.05) is 17.7 Å². The molecule has 0 bridgehead atoms. The molecule has 2 aromatic rings. The summed E-state index contributed by atoms with van der Waals surface area (Å²) in [5.74, 6) is -0.955. The van der Waals surface area contributed by atoms with Crippen molar-refractivity contribution in [2.45, 2.75) is 6.92 Å². The number of carbonyl (C=O) groups excluding carboxylic acids is 2. The van der Waals surface area contributed by atoms with Crippen LogP contribution in [0.2, 0.25) is 0 Å². The van der Waals surface area contributed by atoms with Gasteiger partial charge in [-0.15, -0.1) is 0 Å². The number of amides is 1. The molecule has 0 atom stereocenters. The Kier molecular flexibility index (Phi) is 4.14. The summed E-state index contributed by atoms with van der Waals surface area (Å²) in [6, 6.07) is 7.35. The van der Waals surface area contributed by atoms with E-state index >= 15 is 0 Å². The van der Waals surface area contributed by atoms with Crippen molar-refractivity contribution in [1.29, 1.82) is 0 Å². The van der Waals surface area contributed by atoms with E-state index in [1.54, 1.807) is 19.2 Å². The molecule has 6 heteroatoms. The third-order valence-corrected chi connectivity index (χ3v) is 2.61. The molecule has 2 rings (SSSR count). The third-order valence-electron chi connectivity index (χ3n) is 2.61. The van der Waals surface area contributed by atoms with E-state index in [-0.39, 0.29) is 12.5 Å². The first-order chi connectivity index (χ1) is 9.54. The number of esters is 1. The van der Waals surface area contributed by atoms with Crippen molar-refractivity contribution in [1.82, 2.24) is 9.78 Å². The molecule has 1 heterocycles. The smallest absolute Gasteiger partial charge is 0.341 e. The molecular formula is C14H15N3O3. The van der Waals surface area contributed by atoms with Gasteiger partial charge >= 0.3 is 5.97 Å². The fourth-order valence-electron chi connectivity index (χ4n) is 1.58. The van der Waals surface area contributed by atoms with Crippen LogP contribution in [0.15, 0.2) is 36.7 Å². The van der Waals surface area contributed by atoms with Gasteiger partial charge < -0.3 is 10.1 Å². The molecule has 0 aliphatic rings. The maximum atomic E-state index is 11.6. The summed E-state index contributed by atoms with van der Waals surface area (Å²) in [4.78, 5) is 23.2. The number of rotatable bonds is 4. The number of aromatic nitrogens is 2. The van der Waals surface area contributed by atoms with Crippen molar-refractivity contribution in [2.75, 3.05) is 11.9 Å². The molecule has 1 aromatic carbocycles. The van der Waals surface area contributed by atoms with Crippen molar-refractivity contribution < 1.29 is 14.3 Å². The van der Waals surface area contributed by atoms with Crippen molar-refractivity contribution in [2.24, 2.45) is 7.05 Å². The van der Waals surface area contributed by atoms with Crippen LogP contribution in [0.4, 0.5) is 5.69 Å². The standard InChI is InChI=1S/C14H15N3O3/c1-10-3-5-12(6-4-10)16-13(18)9-20-14(19)11-7-15-17(2)8-11/h3-8H,9H2,1-2H3,(H,16,18). The summed E-state index contributed by atoms with van der Waals surface area (Å²) in [6.07, 6.45) is 2.92. The van der Waals surface area contributed by atoms with Crippen LogP contribution < -0.4 is 5.32 Å². The fourth-order valence-corrected chi connectivity index (χ4v) is 1.58. The van der Waals surface area contributed by atoms with Crippen LogP contribution in [0.25, 0.3) is 0 Å². The second kappa shape index (κ2) is 6.01. The van der Waals surface area contributed by atoms with E-state index in [4.69, 9.17) is 4.74 Å². The maximum absolute atomic E-state index is 11.6. The van der Waals surface area contributed by atoms with Gasteiger partial charge in [-0.3, -0.25) is 9.48 Å². The fraction of sp³-hybridized carbons (Fsp3) is 0.214. The lowest BCUT2D eigenvalue weighted by Gasteiger charge is -2.06. The van der Waals surface area contributed by atoms with E-state index in [0.29, 0.717) is 11.3 Å². The minimum absolute atomic E-state index is 0.315. The van der Waals surface area contributed by atoms with Crippen LogP contribution in [-0.4, -0.2) is 28.3 Å². The number of benzene rings is 1. The van der Waals surface area contributed by atoms with Crippen molar-refractivity contribution in [3.63, 3.8) is 0 Å². The van der Waals surface area contributed by atoms with Crippen LogP contribution >= 0.6 is 0 Å². The van der Waals surface area contributed by atoms with E-state index in [0.717, 1.165) is 5.56 Å². The summed E-state index contributed by atoms with van der Waals surface area (Å²) >= 11 is 0. The van der Waals surface area contributed by atoms with Gasteiger partial charge in [0.05, 0.1) is 11.8 Å². The van der Waals surface area contributed by atoms with Crippen molar-refractivity contribution in [3.8, 4) is 0 Å². The van der Waals surface area contributed by atoms with E-state index < -0.39 is 5.97 Å². The molecule has 104 valence electrons. The summed E-state index contributed by atoms with van der Waals surface area (Å²) < 4.78 is 6.38. The van der Waals surface area contributed by atoms with E-state index in [2.05, 4.69) is 10.4 Å². The van der Waals surface area contributed by atoms with Gasteiger partial charge in [-0.05, 0) is 19.1 Å². The van der Waals surface area contributed by atoms with Gasteiger partial charge in [-0.2, -0.15) is 5.10 Å². The molecule has 0 saturated carbocycles. The highest BCUT2D eigenvalue weighted by Gasteiger charge is 2.11. The summed E-state index contributed by atoms with van der Waals surface area (Å²) in [5, 5.41) is 6.50. The molecule has 20 heavy (non-hydrogen) atoms. The molecule has 1 amide bonds. The Balaban J connectivity index is 1.83. The van der Waals surface area contributed by atoms with E-state index in [1.165, 1.54) is 17.1 Å². The Bertz CT molecular complexity index is 617. The number of ether oxygens (including phenoxy) is 1. The Morgan fingerprint density at radius 3 is 2.60 bits per heavy atom. The first-order valence-electron chi connectivity index (χ1n) is 6.07. The largest absolute Gasteiger partial charge is 0.452 e. The predicted octanol–water partition coefficient (Wildman–Crippen LogP) is 1.52. The molecule has 0 radical (unpaired) electrons. The molecule has 0 unspecified atom stereocenters. The highest BCUT2D eigenvalue weighted by atomic mass is 16.5. The molecule has 0 spiro atoms. The van der Waals surface area contributed by atoms with Gasteiger partial charge in [-0.25, -0.2) is 4.79 Å². The summed E-state index contributed by atoms with van der Waals surface area (Å²) in [5.41, 5.74) is 2.08. The SMILES string of the molecule is Cc1ccc(NC(=O)COC(=O)c2cnn(C)c2)cc1. The minimum atomic E-state index is -0.572. The van der Waals surface area contributed by atoms with Gasteiger partial charge in [0.2, 0.25) is 0 Å². The Labute approximate surface area is 116 Å². The van der Waals surface area contributed by atoms with E-state index in [1.807, 2.05) is 19.1 Å². The topological polar surface area (TPSA) is 73.2 Å². The molecule has 0 aliphatic carbocycles. The normalized spacial score (nSPS) is 10.1. The first-order valence-corrected chi connectivity index (χ1v) is 6.07. The van der Waals surface area contributed by atoms with Crippen LogP contribution in [0.5, 0.6) is 0 Å². The van der Waals surface area contributed by atoms with Crippen LogP contribution in [-0.2, 0) is 16.6 Å². The molecule has 1 aromatic heterocycles. The number of hydrogen-bond acceptors (Lipinski definition) is 4. The van der Waals surface area contributed by atoms with E-state index in [9.17, 15) is 9.59 Å². The third kappa shape index (κ3) is 3.68. The highest BCUT2D eigenvalue weighted by Crippen LogP contribution is 2.08. The molecule has 0 saturated heterocycles. The lowest BCUT2D eigenvalue weighted by molar-refractivity contribution is -0.119. The van der Waals surface area contributed by atoms with Crippen molar-refractivity contribution in [3.05, 3.63) is 47.8 Å². The number of carbonyl (C=O) groups is 2. The second-order valence-electron chi connectivity index (χ2n) is 4.39. The Morgan fingerprint density at radius 2 is 2.00 bits per heavy atom. The number of anilines is 1.